The van der Waals surface area contributed by atoms with Gasteiger partial charge in [0.25, 0.3) is 5.56 Å². The zero-order valence-corrected chi connectivity index (χ0v) is 12.5. The first-order chi connectivity index (χ1) is 10.6. The molecule has 0 unspecified atom stereocenters. The third kappa shape index (κ3) is 3.18. The number of nitrogens with zero attached hydrogens (tertiary/aromatic N) is 2. The number of nitrogen functional groups attached to an aromatic ring is 1. The average molecular weight is 312 g/mol. The number of aromatic nitrogens is 2. The van der Waals surface area contributed by atoms with Crippen molar-refractivity contribution >= 4 is 17.3 Å². The van der Waals surface area contributed by atoms with E-state index in [2.05, 4.69) is 5.10 Å². The van der Waals surface area contributed by atoms with Crippen molar-refractivity contribution in [2.24, 2.45) is 0 Å². The third-order valence-electron chi connectivity index (χ3n) is 3.29. The third-order valence-corrected chi connectivity index (χ3v) is 3.55. The van der Waals surface area contributed by atoms with E-state index >= 15 is 0 Å². The molecule has 2 aromatic carbocycles. The molecule has 1 heterocycles. The zero-order valence-electron chi connectivity index (χ0n) is 11.7. The molecule has 5 heteroatoms. The Balaban J connectivity index is 1.96. The largest absolute Gasteiger partial charge is 0.399 e. The summed E-state index contributed by atoms with van der Waals surface area (Å²) in [6, 6.07) is 18.0. The van der Waals surface area contributed by atoms with E-state index in [1.807, 2.05) is 36.4 Å². The van der Waals surface area contributed by atoms with Crippen LogP contribution in [0.25, 0.3) is 11.3 Å². The van der Waals surface area contributed by atoms with Crippen molar-refractivity contribution in [2.75, 3.05) is 5.73 Å². The molecule has 0 aliphatic carbocycles. The molecule has 1 aromatic heterocycles. The highest BCUT2D eigenvalue weighted by Crippen LogP contribution is 2.18. The lowest BCUT2D eigenvalue weighted by molar-refractivity contribution is 0.643. The Hall–Kier alpha value is -2.59. The van der Waals surface area contributed by atoms with Gasteiger partial charge in [0.1, 0.15) is 0 Å². The number of rotatable bonds is 3. The van der Waals surface area contributed by atoms with Gasteiger partial charge in [-0.2, -0.15) is 5.10 Å². The zero-order chi connectivity index (χ0) is 15.5. The molecule has 0 saturated heterocycles. The summed E-state index contributed by atoms with van der Waals surface area (Å²) < 4.78 is 1.43. The monoisotopic (exact) mass is 311 g/mol. The molecule has 0 saturated carbocycles. The van der Waals surface area contributed by atoms with Crippen molar-refractivity contribution in [3.63, 3.8) is 0 Å². The van der Waals surface area contributed by atoms with Crippen molar-refractivity contribution in [2.45, 2.75) is 6.54 Å². The quantitative estimate of drug-likeness (QED) is 0.756. The number of benzene rings is 2. The molecule has 110 valence electrons. The summed E-state index contributed by atoms with van der Waals surface area (Å²) >= 11 is 5.87. The minimum Gasteiger partial charge on any atom is -0.399 e. The maximum Gasteiger partial charge on any atom is 0.267 e. The summed E-state index contributed by atoms with van der Waals surface area (Å²) in [6.07, 6.45) is 0. The molecule has 3 aromatic rings. The number of anilines is 1. The fraction of sp³-hybridized carbons (Fsp3) is 0.0588. The smallest absolute Gasteiger partial charge is 0.267 e. The van der Waals surface area contributed by atoms with Gasteiger partial charge in [0, 0.05) is 22.3 Å². The van der Waals surface area contributed by atoms with Gasteiger partial charge in [0.05, 0.1) is 12.2 Å². The molecular formula is C17H14ClN3O. The number of hydrogen-bond acceptors (Lipinski definition) is 3. The van der Waals surface area contributed by atoms with Crippen LogP contribution in [0.2, 0.25) is 5.02 Å². The maximum absolute atomic E-state index is 12.0. The van der Waals surface area contributed by atoms with Crippen molar-refractivity contribution in [3.8, 4) is 11.3 Å². The van der Waals surface area contributed by atoms with Gasteiger partial charge >= 0.3 is 0 Å². The molecule has 22 heavy (non-hydrogen) atoms. The predicted octanol–water partition coefficient (Wildman–Crippen LogP) is 3.19. The maximum atomic E-state index is 12.0. The summed E-state index contributed by atoms with van der Waals surface area (Å²) in [5, 5.41) is 5.08. The summed E-state index contributed by atoms with van der Waals surface area (Å²) in [4.78, 5) is 12.0. The molecule has 0 fully saturated rings. The van der Waals surface area contributed by atoms with Gasteiger partial charge in [-0.25, -0.2) is 4.68 Å². The Kier molecular flexibility index (Phi) is 3.94. The van der Waals surface area contributed by atoms with E-state index in [1.165, 1.54) is 10.7 Å². The van der Waals surface area contributed by atoms with Gasteiger partial charge in [0.2, 0.25) is 0 Å². The normalized spacial score (nSPS) is 10.6. The Labute approximate surface area is 132 Å². The van der Waals surface area contributed by atoms with Crippen LogP contribution in [-0.2, 0) is 6.54 Å². The molecule has 0 radical (unpaired) electrons. The fourth-order valence-electron chi connectivity index (χ4n) is 2.18. The topological polar surface area (TPSA) is 60.9 Å². The van der Waals surface area contributed by atoms with Crippen LogP contribution in [0.4, 0.5) is 5.69 Å². The molecule has 0 aliphatic rings. The number of nitrogens with two attached hydrogens (primary N) is 1. The van der Waals surface area contributed by atoms with Crippen LogP contribution in [0.3, 0.4) is 0 Å². The standard InChI is InChI=1S/C17H14ClN3O/c18-14-6-4-12(5-7-14)11-21-17(22)9-8-16(20-21)13-2-1-3-15(19)10-13/h1-10H,11,19H2. The summed E-state index contributed by atoms with van der Waals surface area (Å²) in [6.45, 7) is 0.395. The summed E-state index contributed by atoms with van der Waals surface area (Å²) in [5.74, 6) is 0. The number of hydrogen-bond donors (Lipinski definition) is 1. The van der Waals surface area contributed by atoms with Gasteiger partial charge < -0.3 is 5.73 Å². The molecule has 0 bridgehead atoms. The van der Waals surface area contributed by atoms with Crippen molar-refractivity contribution in [3.05, 3.63) is 81.6 Å². The molecule has 0 spiro atoms. The van der Waals surface area contributed by atoms with Crippen LogP contribution < -0.4 is 11.3 Å². The van der Waals surface area contributed by atoms with Gasteiger partial charge in [-0.15, -0.1) is 0 Å². The highest BCUT2D eigenvalue weighted by molar-refractivity contribution is 6.30. The van der Waals surface area contributed by atoms with Crippen LogP contribution in [0, 0.1) is 0 Å². The highest BCUT2D eigenvalue weighted by Gasteiger charge is 2.05. The molecular weight excluding hydrogens is 298 g/mol. The van der Waals surface area contributed by atoms with Gasteiger partial charge in [0.15, 0.2) is 0 Å². The fourth-order valence-corrected chi connectivity index (χ4v) is 2.30. The minimum atomic E-state index is -0.150. The van der Waals surface area contributed by atoms with E-state index in [0.717, 1.165) is 11.1 Å². The van der Waals surface area contributed by atoms with Crippen LogP contribution in [0.5, 0.6) is 0 Å². The molecule has 0 atom stereocenters. The Bertz CT molecular complexity index is 856. The predicted molar refractivity (Wildman–Crippen MR) is 88.9 cm³/mol. The lowest BCUT2D eigenvalue weighted by Gasteiger charge is -2.08. The van der Waals surface area contributed by atoms with E-state index < -0.39 is 0 Å². The second-order valence-corrected chi connectivity index (χ2v) is 5.40. The van der Waals surface area contributed by atoms with Gasteiger partial charge in [-0.1, -0.05) is 35.9 Å². The van der Waals surface area contributed by atoms with Crippen LogP contribution in [0.15, 0.2) is 65.5 Å². The van der Waals surface area contributed by atoms with E-state index in [-0.39, 0.29) is 5.56 Å². The number of halogens is 1. The van der Waals surface area contributed by atoms with E-state index in [9.17, 15) is 4.79 Å². The van der Waals surface area contributed by atoms with Crippen LogP contribution >= 0.6 is 11.6 Å². The lowest BCUT2D eigenvalue weighted by atomic mass is 10.1. The van der Waals surface area contributed by atoms with Crippen LogP contribution in [0.1, 0.15) is 5.56 Å². The second kappa shape index (κ2) is 6.03. The summed E-state index contributed by atoms with van der Waals surface area (Å²) in [7, 11) is 0. The van der Waals surface area contributed by atoms with Crippen LogP contribution in [-0.4, -0.2) is 9.78 Å². The van der Waals surface area contributed by atoms with Crippen molar-refractivity contribution in [1.82, 2.24) is 9.78 Å². The lowest BCUT2D eigenvalue weighted by Crippen LogP contribution is -2.22. The first kappa shape index (κ1) is 14.4. The van der Waals surface area contributed by atoms with Gasteiger partial charge in [-0.05, 0) is 35.9 Å². The van der Waals surface area contributed by atoms with E-state index in [1.54, 1.807) is 18.2 Å². The van der Waals surface area contributed by atoms with Crippen molar-refractivity contribution in [1.29, 1.82) is 0 Å². The SMILES string of the molecule is Nc1cccc(-c2ccc(=O)n(Cc3ccc(Cl)cc3)n2)c1. The first-order valence-corrected chi connectivity index (χ1v) is 7.18. The second-order valence-electron chi connectivity index (χ2n) is 4.97. The van der Waals surface area contributed by atoms with Gasteiger partial charge in [-0.3, -0.25) is 4.79 Å². The molecule has 3 rings (SSSR count). The Morgan fingerprint density at radius 2 is 1.82 bits per heavy atom. The van der Waals surface area contributed by atoms with Crippen molar-refractivity contribution < 1.29 is 0 Å². The molecule has 0 aliphatic heterocycles. The molecule has 2 N–H and O–H groups in total. The molecule has 0 amide bonds. The molecule has 4 nitrogen and oxygen atoms in total. The minimum absolute atomic E-state index is 0.150. The first-order valence-electron chi connectivity index (χ1n) is 6.80. The Morgan fingerprint density at radius 1 is 1.05 bits per heavy atom. The van der Waals surface area contributed by atoms with E-state index in [4.69, 9.17) is 17.3 Å². The highest BCUT2D eigenvalue weighted by atomic mass is 35.5. The Morgan fingerprint density at radius 3 is 2.55 bits per heavy atom. The average Bonchev–Trinajstić information content (AvgIpc) is 2.52. The van der Waals surface area contributed by atoms with E-state index in [0.29, 0.717) is 22.9 Å². The summed E-state index contributed by atoms with van der Waals surface area (Å²) in [5.41, 5.74) is 8.85.